The zero-order valence-corrected chi connectivity index (χ0v) is 7.66. The van der Waals surface area contributed by atoms with Crippen LogP contribution in [-0.2, 0) is 0 Å². The van der Waals surface area contributed by atoms with Crippen molar-refractivity contribution in [2.45, 2.75) is 6.04 Å². The van der Waals surface area contributed by atoms with Gasteiger partial charge in [-0.3, -0.25) is 0 Å². The van der Waals surface area contributed by atoms with Gasteiger partial charge in [0.25, 0.3) is 0 Å². The summed E-state index contributed by atoms with van der Waals surface area (Å²) in [4.78, 5) is 2.41. The molecule has 2 rings (SSSR count). The minimum absolute atomic E-state index is 0.644. The number of thioether (sulfide) groups is 1. The minimum atomic E-state index is 0.644. The molecule has 1 N–H and O–H groups in total. The van der Waals surface area contributed by atoms with Gasteiger partial charge in [0, 0.05) is 30.6 Å². The highest BCUT2D eigenvalue weighted by molar-refractivity contribution is 7.98. The van der Waals surface area contributed by atoms with Gasteiger partial charge in [-0.05, 0) is 12.3 Å². The van der Waals surface area contributed by atoms with Gasteiger partial charge in [0.05, 0.1) is 6.54 Å². The molecule has 1 fully saturated rings. The Morgan fingerprint density at radius 2 is 2.73 bits per heavy atom. The molecule has 0 aromatic rings. The summed E-state index contributed by atoms with van der Waals surface area (Å²) in [5.41, 5.74) is 1.55. The second kappa shape index (κ2) is 3.07. The maximum Gasteiger partial charge on any atom is 0.0574 e. The van der Waals surface area contributed by atoms with E-state index in [1.807, 2.05) is 11.8 Å². The lowest BCUT2D eigenvalue weighted by Crippen LogP contribution is -2.32. The van der Waals surface area contributed by atoms with E-state index in [1.165, 1.54) is 18.8 Å². The topological polar surface area (TPSA) is 15.0 Å². The van der Waals surface area contributed by atoms with E-state index in [9.17, 15) is 0 Å². The van der Waals surface area contributed by atoms with Crippen molar-refractivity contribution >= 4 is 11.8 Å². The lowest BCUT2D eigenvalue weighted by atomic mass is 10.3. The molecule has 0 aliphatic carbocycles. The lowest BCUT2D eigenvalue weighted by molar-refractivity contribution is 0.513. The van der Waals surface area contributed by atoms with E-state index in [-0.39, 0.29) is 0 Å². The Hall–Kier alpha value is -0.150. The molecule has 0 bridgehead atoms. The van der Waals surface area contributed by atoms with Crippen molar-refractivity contribution in [3.8, 4) is 0 Å². The van der Waals surface area contributed by atoms with Crippen LogP contribution in [-0.4, -0.2) is 42.6 Å². The van der Waals surface area contributed by atoms with Crippen molar-refractivity contribution in [3.63, 3.8) is 0 Å². The van der Waals surface area contributed by atoms with Crippen molar-refractivity contribution in [2.75, 3.05) is 31.6 Å². The number of rotatable bonds is 4. The summed E-state index contributed by atoms with van der Waals surface area (Å²) in [5, 5.41) is 3.50. The Labute approximate surface area is 72.0 Å². The van der Waals surface area contributed by atoms with Gasteiger partial charge in [-0.1, -0.05) is 0 Å². The Kier molecular flexibility index (Phi) is 2.09. The molecule has 1 saturated heterocycles. The molecule has 0 amide bonds. The minimum Gasteiger partial charge on any atom is -0.366 e. The fourth-order valence-corrected chi connectivity index (χ4v) is 1.81. The molecule has 0 radical (unpaired) electrons. The zero-order valence-electron chi connectivity index (χ0n) is 6.84. The average Bonchev–Trinajstić information content (AvgIpc) is 2.61. The third-order valence-corrected chi connectivity index (χ3v) is 2.79. The average molecular weight is 170 g/mol. The first-order valence-electron chi connectivity index (χ1n) is 4.08. The molecule has 2 aliphatic rings. The van der Waals surface area contributed by atoms with Crippen LogP contribution >= 0.6 is 11.8 Å². The standard InChI is InChI=1S/C8H14N2S/c1-11-3-2-9-7-4-8-6-10(8)5-7/h4,7,9H,2-3,5-6H2,1H3. The molecule has 62 valence electrons. The lowest BCUT2D eigenvalue weighted by Gasteiger charge is -2.10. The molecule has 11 heavy (non-hydrogen) atoms. The predicted octanol–water partition coefficient (Wildman–Crippen LogP) is 0.521. The van der Waals surface area contributed by atoms with E-state index < -0.39 is 0 Å². The summed E-state index contributed by atoms with van der Waals surface area (Å²) in [6, 6.07) is 0.644. The summed E-state index contributed by atoms with van der Waals surface area (Å²) in [6.07, 6.45) is 4.51. The first-order valence-corrected chi connectivity index (χ1v) is 5.47. The highest BCUT2D eigenvalue weighted by Crippen LogP contribution is 2.28. The van der Waals surface area contributed by atoms with E-state index in [1.54, 1.807) is 5.70 Å². The SMILES string of the molecule is CSCCNC1C=C2CN2C1. The Morgan fingerprint density at radius 1 is 1.82 bits per heavy atom. The number of hydrogen-bond acceptors (Lipinski definition) is 3. The first kappa shape index (κ1) is 7.50. The van der Waals surface area contributed by atoms with Crippen LogP contribution in [0, 0.1) is 0 Å². The van der Waals surface area contributed by atoms with E-state index in [0.29, 0.717) is 6.04 Å². The van der Waals surface area contributed by atoms with Crippen LogP contribution in [0.2, 0.25) is 0 Å². The summed E-state index contributed by atoms with van der Waals surface area (Å²) in [7, 11) is 0. The molecule has 0 aromatic carbocycles. The van der Waals surface area contributed by atoms with Crippen molar-refractivity contribution in [2.24, 2.45) is 0 Å². The van der Waals surface area contributed by atoms with Gasteiger partial charge in [-0.2, -0.15) is 11.8 Å². The molecule has 0 saturated carbocycles. The Morgan fingerprint density at radius 3 is 3.36 bits per heavy atom. The van der Waals surface area contributed by atoms with Crippen LogP contribution < -0.4 is 5.32 Å². The summed E-state index contributed by atoms with van der Waals surface area (Å²) in [6.45, 7) is 3.59. The molecular formula is C8H14N2S. The molecule has 1 unspecified atom stereocenters. The van der Waals surface area contributed by atoms with Gasteiger partial charge in [0.15, 0.2) is 0 Å². The molecular weight excluding hydrogens is 156 g/mol. The molecule has 3 heteroatoms. The van der Waals surface area contributed by atoms with E-state index in [2.05, 4.69) is 22.5 Å². The Balaban J connectivity index is 1.65. The molecule has 0 aromatic heterocycles. The van der Waals surface area contributed by atoms with Gasteiger partial charge >= 0.3 is 0 Å². The predicted molar refractivity (Wildman–Crippen MR) is 49.8 cm³/mol. The van der Waals surface area contributed by atoms with Gasteiger partial charge in [0.2, 0.25) is 0 Å². The fraction of sp³-hybridized carbons (Fsp3) is 0.750. The van der Waals surface area contributed by atoms with Crippen molar-refractivity contribution in [1.29, 1.82) is 0 Å². The van der Waals surface area contributed by atoms with Crippen LogP contribution in [0.15, 0.2) is 11.8 Å². The molecule has 2 nitrogen and oxygen atoms in total. The smallest absolute Gasteiger partial charge is 0.0574 e. The monoisotopic (exact) mass is 170 g/mol. The summed E-state index contributed by atoms with van der Waals surface area (Å²) < 4.78 is 0. The van der Waals surface area contributed by atoms with E-state index in [4.69, 9.17) is 0 Å². The summed E-state index contributed by atoms with van der Waals surface area (Å²) in [5.74, 6) is 1.22. The first-order chi connectivity index (χ1) is 5.40. The van der Waals surface area contributed by atoms with Crippen LogP contribution in [0.25, 0.3) is 0 Å². The molecule has 2 heterocycles. The molecule has 1 atom stereocenters. The van der Waals surface area contributed by atoms with Crippen LogP contribution in [0.5, 0.6) is 0 Å². The number of fused-ring (bicyclic) bond motifs is 1. The van der Waals surface area contributed by atoms with Gasteiger partial charge in [0.1, 0.15) is 0 Å². The number of nitrogens with zero attached hydrogens (tertiary/aromatic N) is 1. The Bertz CT molecular complexity index is 179. The van der Waals surface area contributed by atoms with Crippen molar-refractivity contribution in [1.82, 2.24) is 10.2 Å². The van der Waals surface area contributed by atoms with Gasteiger partial charge in [-0.25, -0.2) is 0 Å². The third kappa shape index (κ3) is 1.71. The normalized spacial score (nSPS) is 26.8. The second-order valence-electron chi connectivity index (χ2n) is 3.09. The maximum atomic E-state index is 3.50. The second-order valence-corrected chi connectivity index (χ2v) is 4.08. The van der Waals surface area contributed by atoms with Crippen LogP contribution in [0.4, 0.5) is 0 Å². The zero-order chi connectivity index (χ0) is 7.68. The molecule has 2 aliphatic heterocycles. The van der Waals surface area contributed by atoms with Crippen LogP contribution in [0.1, 0.15) is 0 Å². The van der Waals surface area contributed by atoms with E-state index in [0.717, 1.165) is 6.54 Å². The van der Waals surface area contributed by atoms with Crippen molar-refractivity contribution < 1.29 is 0 Å². The highest BCUT2D eigenvalue weighted by atomic mass is 32.2. The number of hydrogen-bond donors (Lipinski definition) is 1. The largest absolute Gasteiger partial charge is 0.366 e. The molecule has 0 spiro atoms. The summed E-state index contributed by atoms with van der Waals surface area (Å²) >= 11 is 1.90. The van der Waals surface area contributed by atoms with E-state index >= 15 is 0 Å². The highest BCUT2D eigenvalue weighted by Gasteiger charge is 2.33. The third-order valence-electron chi connectivity index (χ3n) is 2.18. The van der Waals surface area contributed by atoms with Gasteiger partial charge < -0.3 is 10.2 Å². The van der Waals surface area contributed by atoms with Gasteiger partial charge in [-0.15, -0.1) is 0 Å². The van der Waals surface area contributed by atoms with Crippen LogP contribution in [0.3, 0.4) is 0 Å². The fourth-order valence-electron chi connectivity index (χ4n) is 1.49. The number of nitrogens with one attached hydrogen (secondary N) is 1. The van der Waals surface area contributed by atoms with Crippen molar-refractivity contribution in [3.05, 3.63) is 11.8 Å². The quantitative estimate of drug-likeness (QED) is 0.489. The maximum absolute atomic E-state index is 3.50.